The Morgan fingerprint density at radius 1 is 1.19 bits per heavy atom. The van der Waals surface area contributed by atoms with Crippen molar-refractivity contribution >= 4 is 45.0 Å². The molecule has 2 aromatic rings. The molecule has 1 amide bonds. The lowest BCUT2D eigenvalue weighted by atomic mass is 10.2. The molecule has 27 heavy (non-hydrogen) atoms. The first-order valence-electron chi connectivity index (χ1n) is 8.66. The minimum atomic E-state index is -0.294. The van der Waals surface area contributed by atoms with Gasteiger partial charge >= 0.3 is 0 Å². The fraction of sp³-hybridized carbons (Fsp3) is 0.250. The van der Waals surface area contributed by atoms with Crippen LogP contribution in [0.1, 0.15) is 30.9 Å². The Balaban J connectivity index is 1.79. The van der Waals surface area contributed by atoms with Gasteiger partial charge < -0.3 is 0 Å². The molecular weight excluding hydrogens is 429 g/mol. The summed E-state index contributed by atoms with van der Waals surface area (Å²) >= 11 is 4.84. The number of amides is 1. The van der Waals surface area contributed by atoms with E-state index in [0.717, 1.165) is 28.4 Å². The third kappa shape index (κ3) is 5.26. The van der Waals surface area contributed by atoms with Crippen LogP contribution in [0, 0.1) is 5.82 Å². The van der Waals surface area contributed by atoms with Gasteiger partial charge in [0, 0.05) is 4.47 Å². The molecule has 0 aliphatic carbocycles. The molecule has 1 atom stereocenters. The van der Waals surface area contributed by atoms with Gasteiger partial charge in [0.15, 0.2) is 5.17 Å². The van der Waals surface area contributed by atoms with Crippen molar-refractivity contribution in [1.29, 1.82) is 0 Å². The third-order valence-corrected chi connectivity index (χ3v) is 5.81. The van der Waals surface area contributed by atoms with Crippen LogP contribution in [-0.2, 0) is 11.3 Å². The molecule has 2 aromatic carbocycles. The van der Waals surface area contributed by atoms with Gasteiger partial charge in [-0.15, -0.1) is 5.10 Å². The molecule has 3 rings (SSSR count). The molecule has 4 nitrogen and oxygen atoms in total. The van der Waals surface area contributed by atoms with Gasteiger partial charge in [-0.05, 0) is 41.8 Å². The summed E-state index contributed by atoms with van der Waals surface area (Å²) in [5.74, 6) is -0.263. The van der Waals surface area contributed by atoms with E-state index in [-0.39, 0.29) is 17.0 Å². The molecule has 0 saturated carbocycles. The molecule has 0 unspecified atom stereocenters. The van der Waals surface area contributed by atoms with Crippen molar-refractivity contribution in [2.45, 2.75) is 31.6 Å². The minimum Gasteiger partial charge on any atom is -0.284 e. The number of benzene rings is 2. The zero-order chi connectivity index (χ0) is 19.2. The first kappa shape index (κ1) is 19.8. The number of nitrogens with zero attached hydrogens (tertiary/aromatic N) is 3. The second-order valence-electron chi connectivity index (χ2n) is 6.12. The Labute approximate surface area is 170 Å². The van der Waals surface area contributed by atoms with Crippen molar-refractivity contribution in [2.75, 3.05) is 0 Å². The number of carbonyl (C=O) groups excluding carboxylic acids is 1. The largest absolute Gasteiger partial charge is 0.284 e. The van der Waals surface area contributed by atoms with E-state index in [2.05, 4.69) is 33.1 Å². The average molecular weight is 448 g/mol. The Hall–Kier alpha value is -1.99. The molecule has 1 heterocycles. The van der Waals surface area contributed by atoms with Gasteiger partial charge in [-0.25, -0.2) is 4.39 Å². The lowest BCUT2D eigenvalue weighted by Crippen LogP contribution is -2.31. The molecule has 7 heteroatoms. The van der Waals surface area contributed by atoms with E-state index in [0.29, 0.717) is 11.7 Å². The van der Waals surface area contributed by atoms with Crippen LogP contribution in [0.3, 0.4) is 0 Å². The van der Waals surface area contributed by atoms with Gasteiger partial charge in [0.25, 0.3) is 0 Å². The normalized spacial score (nSPS) is 18.8. The quantitative estimate of drug-likeness (QED) is 0.449. The molecule has 0 radical (unpaired) electrons. The molecule has 0 N–H and O–H groups in total. The summed E-state index contributed by atoms with van der Waals surface area (Å²) in [6, 6.07) is 13.9. The van der Waals surface area contributed by atoms with E-state index in [4.69, 9.17) is 0 Å². The van der Waals surface area contributed by atoms with E-state index in [1.165, 1.54) is 23.9 Å². The van der Waals surface area contributed by atoms with E-state index in [9.17, 15) is 9.18 Å². The van der Waals surface area contributed by atoms with Crippen molar-refractivity contribution in [3.8, 4) is 0 Å². The maximum Gasteiger partial charge on any atom is 0.242 e. The van der Waals surface area contributed by atoms with Crippen LogP contribution in [0.5, 0.6) is 0 Å². The second kappa shape index (κ2) is 9.28. The fourth-order valence-electron chi connectivity index (χ4n) is 2.64. The zero-order valence-electron chi connectivity index (χ0n) is 14.8. The van der Waals surface area contributed by atoms with Crippen LogP contribution in [0.15, 0.2) is 63.2 Å². The van der Waals surface area contributed by atoms with Crippen LogP contribution in [-0.4, -0.2) is 27.4 Å². The first-order valence-corrected chi connectivity index (χ1v) is 10.3. The smallest absolute Gasteiger partial charge is 0.242 e. The topological polar surface area (TPSA) is 45.0 Å². The first-order chi connectivity index (χ1) is 13.1. The second-order valence-corrected chi connectivity index (χ2v) is 8.21. The van der Waals surface area contributed by atoms with Crippen molar-refractivity contribution in [3.63, 3.8) is 0 Å². The minimum absolute atomic E-state index is 0.0313. The molecule has 0 aromatic heterocycles. The highest BCUT2D eigenvalue weighted by atomic mass is 79.9. The summed E-state index contributed by atoms with van der Waals surface area (Å²) in [6.45, 7) is 2.41. The van der Waals surface area contributed by atoms with Crippen molar-refractivity contribution < 1.29 is 9.18 Å². The average Bonchev–Trinajstić information content (AvgIpc) is 2.94. The maximum absolute atomic E-state index is 13.1. The molecule has 0 bridgehead atoms. The Morgan fingerprint density at radius 2 is 1.89 bits per heavy atom. The number of amidine groups is 1. The van der Waals surface area contributed by atoms with Crippen LogP contribution >= 0.6 is 27.7 Å². The number of halogens is 2. The summed E-state index contributed by atoms with van der Waals surface area (Å²) in [4.78, 5) is 14.4. The van der Waals surface area contributed by atoms with Crippen LogP contribution in [0.25, 0.3) is 0 Å². The highest BCUT2D eigenvalue weighted by Gasteiger charge is 2.37. The van der Waals surface area contributed by atoms with E-state index in [1.807, 2.05) is 24.3 Å². The Bertz CT molecular complexity index is 853. The lowest BCUT2D eigenvalue weighted by molar-refractivity contribution is -0.126. The predicted octanol–water partition coefficient (Wildman–Crippen LogP) is 5.22. The number of thioether (sulfide) groups is 1. The number of rotatable bonds is 6. The highest BCUT2D eigenvalue weighted by molar-refractivity contribution is 9.10. The van der Waals surface area contributed by atoms with Crippen LogP contribution in [0.4, 0.5) is 4.39 Å². The summed E-state index contributed by atoms with van der Waals surface area (Å²) in [5.41, 5.74) is 1.78. The van der Waals surface area contributed by atoms with Gasteiger partial charge in [-0.3, -0.25) is 9.69 Å². The van der Waals surface area contributed by atoms with Crippen LogP contribution in [0.2, 0.25) is 0 Å². The Morgan fingerprint density at radius 3 is 2.56 bits per heavy atom. The molecule has 1 saturated heterocycles. The van der Waals surface area contributed by atoms with E-state index >= 15 is 0 Å². The molecule has 1 aliphatic heterocycles. The fourth-order valence-corrected chi connectivity index (χ4v) is 4.12. The molecule has 1 aliphatic rings. The van der Waals surface area contributed by atoms with Crippen molar-refractivity contribution in [2.24, 2.45) is 10.2 Å². The van der Waals surface area contributed by atoms with Crippen LogP contribution < -0.4 is 0 Å². The summed E-state index contributed by atoms with van der Waals surface area (Å²) < 4.78 is 14.1. The van der Waals surface area contributed by atoms with E-state index < -0.39 is 0 Å². The van der Waals surface area contributed by atoms with E-state index in [1.54, 1.807) is 23.2 Å². The Kier molecular flexibility index (Phi) is 6.79. The predicted molar refractivity (Wildman–Crippen MR) is 112 cm³/mol. The summed E-state index contributed by atoms with van der Waals surface area (Å²) in [6.07, 6.45) is 3.37. The summed E-state index contributed by atoms with van der Waals surface area (Å²) in [7, 11) is 0. The number of hydrogen-bond donors (Lipinski definition) is 0. The zero-order valence-corrected chi connectivity index (χ0v) is 17.2. The van der Waals surface area contributed by atoms with Crippen molar-refractivity contribution in [1.82, 2.24) is 4.90 Å². The number of hydrogen-bond acceptors (Lipinski definition) is 4. The van der Waals surface area contributed by atoms with Gasteiger partial charge in [0.2, 0.25) is 5.91 Å². The molecular formula is C20H19BrFN3OS. The highest BCUT2D eigenvalue weighted by Crippen LogP contribution is 2.31. The number of carbonyl (C=O) groups is 1. The van der Waals surface area contributed by atoms with Gasteiger partial charge in [0.1, 0.15) is 5.82 Å². The molecule has 0 spiro atoms. The van der Waals surface area contributed by atoms with Crippen molar-refractivity contribution in [3.05, 3.63) is 69.9 Å². The lowest BCUT2D eigenvalue weighted by Gasteiger charge is -2.15. The third-order valence-electron chi connectivity index (χ3n) is 4.04. The maximum atomic E-state index is 13.1. The molecule has 140 valence electrons. The SMILES string of the molecule is CCC[C@@H]1S/C(=N\N=C/c2ccc(Br)cc2)N(Cc2ccc(F)cc2)C1=O. The standard InChI is InChI=1S/C20H19BrFN3OS/c1-2-3-18-19(26)25(13-15-6-10-17(22)11-7-15)20(27-18)24-23-12-14-4-8-16(21)9-5-14/h4-12,18H,2-3,13H2,1H3/b23-12-,24-20-/t18-/m0/s1. The van der Waals surface area contributed by atoms with Gasteiger partial charge in [0.05, 0.1) is 18.0 Å². The van der Waals surface area contributed by atoms with Gasteiger partial charge in [-0.2, -0.15) is 5.10 Å². The monoisotopic (exact) mass is 447 g/mol. The molecule has 1 fully saturated rings. The summed E-state index contributed by atoms with van der Waals surface area (Å²) in [5, 5.41) is 8.89. The van der Waals surface area contributed by atoms with Gasteiger partial charge in [-0.1, -0.05) is 65.3 Å².